The average molecular weight is 220 g/mol. The fourth-order valence-corrected chi connectivity index (χ4v) is 2.02. The SMILES string of the molecule is CC(C)c1c(N)ncnc1NC(C)C1CC1. The van der Waals surface area contributed by atoms with Gasteiger partial charge in [0.25, 0.3) is 0 Å². The van der Waals surface area contributed by atoms with Crippen LogP contribution in [0, 0.1) is 5.92 Å². The molecule has 1 aromatic heterocycles. The van der Waals surface area contributed by atoms with E-state index >= 15 is 0 Å². The minimum absolute atomic E-state index is 0.343. The van der Waals surface area contributed by atoms with Gasteiger partial charge in [-0.25, -0.2) is 9.97 Å². The Morgan fingerprint density at radius 2 is 2.00 bits per heavy atom. The summed E-state index contributed by atoms with van der Waals surface area (Å²) in [6.07, 6.45) is 4.18. The zero-order chi connectivity index (χ0) is 11.7. The molecule has 1 aliphatic carbocycles. The van der Waals surface area contributed by atoms with Crippen LogP contribution < -0.4 is 11.1 Å². The van der Waals surface area contributed by atoms with Gasteiger partial charge in [-0.15, -0.1) is 0 Å². The summed E-state index contributed by atoms with van der Waals surface area (Å²) in [6, 6.07) is 0.479. The molecular formula is C12H20N4. The first-order valence-electron chi connectivity index (χ1n) is 5.96. The summed E-state index contributed by atoms with van der Waals surface area (Å²) in [7, 11) is 0. The van der Waals surface area contributed by atoms with Gasteiger partial charge >= 0.3 is 0 Å². The molecule has 16 heavy (non-hydrogen) atoms. The van der Waals surface area contributed by atoms with Gasteiger partial charge in [-0.1, -0.05) is 13.8 Å². The molecule has 0 aromatic carbocycles. The van der Waals surface area contributed by atoms with Crippen molar-refractivity contribution in [2.75, 3.05) is 11.1 Å². The minimum Gasteiger partial charge on any atom is -0.383 e. The highest BCUT2D eigenvalue weighted by Gasteiger charge is 2.28. The number of nitrogens with one attached hydrogen (secondary N) is 1. The van der Waals surface area contributed by atoms with E-state index in [1.54, 1.807) is 0 Å². The first kappa shape index (κ1) is 11.2. The lowest BCUT2D eigenvalue weighted by Crippen LogP contribution is -2.20. The van der Waals surface area contributed by atoms with Crippen LogP contribution in [0.5, 0.6) is 0 Å². The third-order valence-electron chi connectivity index (χ3n) is 3.19. The normalized spacial score (nSPS) is 17.5. The zero-order valence-corrected chi connectivity index (χ0v) is 10.2. The highest BCUT2D eigenvalue weighted by atomic mass is 15.1. The maximum atomic E-state index is 5.90. The van der Waals surface area contributed by atoms with Crippen LogP contribution in [0.15, 0.2) is 6.33 Å². The van der Waals surface area contributed by atoms with Crippen LogP contribution in [0.1, 0.15) is 45.1 Å². The number of hydrogen-bond donors (Lipinski definition) is 2. The Bertz CT molecular complexity index is 371. The second kappa shape index (κ2) is 4.28. The molecule has 1 atom stereocenters. The molecule has 0 aliphatic heterocycles. The quantitative estimate of drug-likeness (QED) is 0.817. The molecule has 1 saturated carbocycles. The van der Waals surface area contributed by atoms with E-state index < -0.39 is 0 Å². The molecule has 0 bridgehead atoms. The number of aromatic nitrogens is 2. The van der Waals surface area contributed by atoms with Crippen LogP contribution in [-0.4, -0.2) is 16.0 Å². The summed E-state index contributed by atoms with van der Waals surface area (Å²) >= 11 is 0. The molecule has 2 rings (SSSR count). The number of nitrogens with two attached hydrogens (primary N) is 1. The van der Waals surface area contributed by atoms with Gasteiger partial charge in [0, 0.05) is 11.6 Å². The van der Waals surface area contributed by atoms with Crippen LogP contribution in [-0.2, 0) is 0 Å². The van der Waals surface area contributed by atoms with Crippen LogP contribution in [0.2, 0.25) is 0 Å². The summed E-state index contributed by atoms with van der Waals surface area (Å²) in [5.41, 5.74) is 6.94. The Hall–Kier alpha value is -1.32. The fraction of sp³-hybridized carbons (Fsp3) is 0.667. The molecule has 4 heteroatoms. The largest absolute Gasteiger partial charge is 0.383 e. The van der Waals surface area contributed by atoms with E-state index in [9.17, 15) is 0 Å². The summed E-state index contributed by atoms with van der Waals surface area (Å²) < 4.78 is 0. The molecule has 1 aliphatic rings. The van der Waals surface area contributed by atoms with E-state index in [2.05, 4.69) is 36.1 Å². The van der Waals surface area contributed by atoms with Gasteiger partial charge in [-0.2, -0.15) is 0 Å². The van der Waals surface area contributed by atoms with Crippen LogP contribution >= 0.6 is 0 Å². The third kappa shape index (κ3) is 2.26. The number of rotatable bonds is 4. The maximum absolute atomic E-state index is 5.90. The van der Waals surface area contributed by atoms with E-state index in [0.717, 1.165) is 17.3 Å². The second-order valence-corrected chi connectivity index (χ2v) is 4.95. The van der Waals surface area contributed by atoms with Gasteiger partial charge in [0.2, 0.25) is 0 Å². The Morgan fingerprint density at radius 1 is 1.31 bits per heavy atom. The fourth-order valence-electron chi connectivity index (χ4n) is 2.02. The molecule has 0 radical (unpaired) electrons. The van der Waals surface area contributed by atoms with E-state index in [1.807, 2.05) is 0 Å². The predicted molar refractivity (Wildman–Crippen MR) is 66.3 cm³/mol. The maximum Gasteiger partial charge on any atom is 0.135 e. The summed E-state index contributed by atoms with van der Waals surface area (Å²) in [5.74, 6) is 2.64. The van der Waals surface area contributed by atoms with Gasteiger partial charge in [0.1, 0.15) is 18.0 Å². The molecule has 1 fully saturated rings. The van der Waals surface area contributed by atoms with Gasteiger partial charge < -0.3 is 11.1 Å². The minimum atomic E-state index is 0.343. The highest BCUT2D eigenvalue weighted by Crippen LogP contribution is 2.35. The van der Waals surface area contributed by atoms with Crippen molar-refractivity contribution < 1.29 is 0 Å². The van der Waals surface area contributed by atoms with Crippen molar-refractivity contribution in [2.24, 2.45) is 5.92 Å². The van der Waals surface area contributed by atoms with Crippen molar-refractivity contribution >= 4 is 11.6 Å². The monoisotopic (exact) mass is 220 g/mol. The Balaban J connectivity index is 2.21. The molecule has 1 unspecified atom stereocenters. The standard InChI is InChI=1S/C12H20N4/c1-7(2)10-11(13)14-6-15-12(10)16-8(3)9-4-5-9/h6-9H,4-5H2,1-3H3,(H3,13,14,15,16). The summed E-state index contributed by atoms with van der Waals surface area (Å²) in [4.78, 5) is 8.36. The topological polar surface area (TPSA) is 63.8 Å². The van der Waals surface area contributed by atoms with Gasteiger partial charge in [0.15, 0.2) is 0 Å². The zero-order valence-electron chi connectivity index (χ0n) is 10.2. The second-order valence-electron chi connectivity index (χ2n) is 4.95. The Morgan fingerprint density at radius 3 is 2.56 bits per heavy atom. The van der Waals surface area contributed by atoms with Crippen LogP contribution in [0.3, 0.4) is 0 Å². The molecule has 1 heterocycles. The highest BCUT2D eigenvalue weighted by molar-refractivity contribution is 5.57. The van der Waals surface area contributed by atoms with Gasteiger partial charge in [-0.05, 0) is 31.6 Å². The molecule has 0 spiro atoms. The Kier molecular flexibility index (Phi) is 2.99. The number of hydrogen-bond acceptors (Lipinski definition) is 4. The first-order chi connectivity index (χ1) is 7.59. The predicted octanol–water partition coefficient (Wildman–Crippen LogP) is 2.39. The molecule has 3 N–H and O–H groups in total. The van der Waals surface area contributed by atoms with Crippen LogP contribution in [0.25, 0.3) is 0 Å². The van der Waals surface area contributed by atoms with E-state index in [-0.39, 0.29) is 0 Å². The molecule has 0 saturated heterocycles. The molecule has 1 aromatic rings. The van der Waals surface area contributed by atoms with Crippen LogP contribution in [0.4, 0.5) is 11.6 Å². The van der Waals surface area contributed by atoms with E-state index in [0.29, 0.717) is 17.8 Å². The number of anilines is 2. The van der Waals surface area contributed by atoms with Crippen molar-refractivity contribution in [3.63, 3.8) is 0 Å². The lowest BCUT2D eigenvalue weighted by molar-refractivity contribution is 0.686. The molecular weight excluding hydrogens is 200 g/mol. The van der Waals surface area contributed by atoms with Crippen molar-refractivity contribution in [3.05, 3.63) is 11.9 Å². The first-order valence-corrected chi connectivity index (χ1v) is 5.96. The molecule has 88 valence electrons. The van der Waals surface area contributed by atoms with Crippen molar-refractivity contribution in [1.82, 2.24) is 9.97 Å². The summed E-state index contributed by atoms with van der Waals surface area (Å²) in [5, 5.41) is 3.46. The lowest BCUT2D eigenvalue weighted by Gasteiger charge is -2.18. The smallest absolute Gasteiger partial charge is 0.135 e. The number of nitrogens with zero attached hydrogens (tertiary/aromatic N) is 2. The van der Waals surface area contributed by atoms with E-state index in [1.165, 1.54) is 19.2 Å². The van der Waals surface area contributed by atoms with Crippen molar-refractivity contribution in [1.29, 1.82) is 0 Å². The van der Waals surface area contributed by atoms with Gasteiger partial charge in [0.05, 0.1) is 0 Å². The molecule has 4 nitrogen and oxygen atoms in total. The lowest BCUT2D eigenvalue weighted by atomic mass is 10.0. The van der Waals surface area contributed by atoms with Crippen molar-refractivity contribution in [3.8, 4) is 0 Å². The van der Waals surface area contributed by atoms with Gasteiger partial charge in [-0.3, -0.25) is 0 Å². The number of nitrogen functional groups attached to an aromatic ring is 1. The van der Waals surface area contributed by atoms with Crippen molar-refractivity contribution in [2.45, 2.75) is 45.6 Å². The Labute approximate surface area is 96.7 Å². The third-order valence-corrected chi connectivity index (χ3v) is 3.19. The molecule has 0 amide bonds. The van der Waals surface area contributed by atoms with E-state index in [4.69, 9.17) is 5.73 Å². The summed E-state index contributed by atoms with van der Waals surface area (Å²) in [6.45, 7) is 6.43. The average Bonchev–Trinajstić information content (AvgIpc) is 2.99.